The molecule has 5 nitrogen and oxygen atoms in total. The lowest BCUT2D eigenvalue weighted by Gasteiger charge is -2.22. The number of carbonyl (C=O) groups is 2. The number of likely N-dealkylation sites (tertiary alicyclic amines) is 1. The Bertz CT molecular complexity index is 611. The fourth-order valence-electron chi connectivity index (χ4n) is 2.81. The first-order chi connectivity index (χ1) is 10.9. The summed E-state index contributed by atoms with van der Waals surface area (Å²) in [7, 11) is 3.69. The average Bonchev–Trinajstić information content (AvgIpc) is 2.97. The molecule has 0 aromatic heterocycles. The Morgan fingerprint density at radius 1 is 1.35 bits per heavy atom. The van der Waals surface area contributed by atoms with Crippen molar-refractivity contribution in [2.45, 2.75) is 25.3 Å². The van der Waals surface area contributed by atoms with E-state index in [-0.39, 0.29) is 5.78 Å². The molecule has 1 heterocycles. The molecule has 0 bridgehead atoms. The van der Waals surface area contributed by atoms with Crippen LogP contribution in [0.4, 0.5) is 4.79 Å². The van der Waals surface area contributed by atoms with Gasteiger partial charge in [0.1, 0.15) is 0 Å². The normalized spacial score (nSPS) is 18.1. The summed E-state index contributed by atoms with van der Waals surface area (Å²) in [5, 5.41) is 9.89. The highest BCUT2D eigenvalue weighted by atomic mass is 35.5. The maximum Gasteiger partial charge on any atom is 0.407 e. The van der Waals surface area contributed by atoms with Crippen LogP contribution >= 0.6 is 11.6 Å². The quantitative estimate of drug-likeness (QED) is 0.839. The lowest BCUT2D eigenvalue weighted by molar-refractivity contribution is -0.119. The van der Waals surface area contributed by atoms with Gasteiger partial charge in [0.25, 0.3) is 0 Å². The van der Waals surface area contributed by atoms with E-state index in [1.54, 1.807) is 18.3 Å². The van der Waals surface area contributed by atoms with Crippen LogP contribution in [0.2, 0.25) is 5.02 Å². The number of hydrogen-bond acceptors (Lipinski definition) is 3. The third kappa shape index (κ3) is 4.48. The summed E-state index contributed by atoms with van der Waals surface area (Å²) in [4.78, 5) is 27.2. The van der Waals surface area contributed by atoms with Crippen molar-refractivity contribution in [3.63, 3.8) is 0 Å². The summed E-state index contributed by atoms with van der Waals surface area (Å²) in [5.41, 5.74) is 1.58. The Labute approximate surface area is 141 Å². The largest absolute Gasteiger partial charge is 0.465 e. The van der Waals surface area contributed by atoms with Crippen LogP contribution < -0.4 is 0 Å². The lowest BCUT2D eigenvalue weighted by atomic mass is 9.96. The molecule has 1 aromatic carbocycles. The van der Waals surface area contributed by atoms with Gasteiger partial charge in [-0.3, -0.25) is 9.69 Å². The second-order valence-corrected chi connectivity index (χ2v) is 6.36. The smallest absolute Gasteiger partial charge is 0.407 e. The first-order valence-corrected chi connectivity index (χ1v) is 7.91. The fourth-order valence-corrected chi connectivity index (χ4v) is 2.94. The van der Waals surface area contributed by atoms with Gasteiger partial charge in [-0.25, -0.2) is 4.79 Å². The molecule has 0 saturated carbocycles. The molecule has 1 amide bonds. The molecule has 1 aliphatic rings. The molecule has 0 aliphatic carbocycles. The predicted octanol–water partition coefficient (Wildman–Crippen LogP) is 3.04. The van der Waals surface area contributed by atoms with Gasteiger partial charge in [-0.2, -0.15) is 0 Å². The van der Waals surface area contributed by atoms with Crippen LogP contribution in [0, 0.1) is 0 Å². The number of benzene rings is 1. The Kier molecular flexibility index (Phi) is 5.66. The second kappa shape index (κ2) is 7.51. The maximum absolute atomic E-state index is 12.8. The van der Waals surface area contributed by atoms with Crippen LogP contribution in [0.1, 0.15) is 18.4 Å². The van der Waals surface area contributed by atoms with E-state index in [1.807, 2.05) is 31.1 Å². The first kappa shape index (κ1) is 17.3. The number of hydrogen-bond donors (Lipinski definition) is 1. The molecular formula is C17H21ClN2O3. The van der Waals surface area contributed by atoms with Crippen molar-refractivity contribution in [2.24, 2.45) is 0 Å². The maximum atomic E-state index is 12.8. The van der Waals surface area contributed by atoms with Crippen LogP contribution in [-0.2, 0) is 11.2 Å². The highest BCUT2D eigenvalue weighted by Gasteiger charge is 2.35. The summed E-state index contributed by atoms with van der Waals surface area (Å²) >= 11 is 5.89. The zero-order valence-electron chi connectivity index (χ0n) is 13.3. The SMILES string of the molecule is CN(C)C=C(Cc1ccc(Cl)cc1)C(=O)C1CCCN1C(=O)O. The van der Waals surface area contributed by atoms with E-state index < -0.39 is 12.1 Å². The van der Waals surface area contributed by atoms with E-state index in [0.717, 1.165) is 12.0 Å². The summed E-state index contributed by atoms with van der Waals surface area (Å²) < 4.78 is 0. The van der Waals surface area contributed by atoms with Gasteiger partial charge in [0, 0.05) is 43.9 Å². The van der Waals surface area contributed by atoms with E-state index in [0.29, 0.717) is 30.0 Å². The molecule has 1 aliphatic heterocycles. The number of rotatable bonds is 5. The van der Waals surface area contributed by atoms with Gasteiger partial charge >= 0.3 is 6.09 Å². The number of nitrogens with zero attached hydrogens (tertiary/aromatic N) is 2. The standard InChI is InChI=1S/C17H21ClN2O3/c1-19(2)11-13(10-12-5-7-14(18)8-6-12)16(21)15-4-3-9-20(15)17(22)23/h5-8,11,15H,3-4,9-10H2,1-2H3,(H,22,23). The minimum Gasteiger partial charge on any atom is -0.465 e. The van der Waals surface area contributed by atoms with Gasteiger partial charge in [0.2, 0.25) is 0 Å². The molecule has 23 heavy (non-hydrogen) atoms. The Balaban J connectivity index is 2.22. The zero-order chi connectivity index (χ0) is 17.0. The predicted molar refractivity (Wildman–Crippen MR) is 89.7 cm³/mol. The molecule has 1 saturated heterocycles. The third-order valence-corrected chi connectivity index (χ3v) is 4.09. The Hall–Kier alpha value is -2.01. The molecule has 1 fully saturated rings. The molecule has 1 aromatic rings. The van der Waals surface area contributed by atoms with E-state index in [1.165, 1.54) is 4.90 Å². The molecule has 2 rings (SSSR count). The minimum atomic E-state index is -1.03. The first-order valence-electron chi connectivity index (χ1n) is 7.54. The van der Waals surface area contributed by atoms with Crippen molar-refractivity contribution in [1.82, 2.24) is 9.80 Å². The summed E-state index contributed by atoms with van der Waals surface area (Å²) in [6.07, 6.45) is 2.50. The number of carbonyl (C=O) groups excluding carboxylic acids is 1. The van der Waals surface area contributed by atoms with Crippen LogP contribution in [0.15, 0.2) is 36.0 Å². The van der Waals surface area contributed by atoms with Crippen molar-refractivity contribution in [1.29, 1.82) is 0 Å². The van der Waals surface area contributed by atoms with Gasteiger partial charge in [0.05, 0.1) is 6.04 Å². The van der Waals surface area contributed by atoms with Crippen LogP contribution in [0.3, 0.4) is 0 Å². The van der Waals surface area contributed by atoms with Crippen LogP contribution in [0.25, 0.3) is 0 Å². The molecule has 0 radical (unpaired) electrons. The van der Waals surface area contributed by atoms with Crippen molar-refractivity contribution in [3.05, 3.63) is 46.6 Å². The fraction of sp³-hybridized carbons (Fsp3) is 0.412. The highest BCUT2D eigenvalue weighted by Crippen LogP contribution is 2.23. The van der Waals surface area contributed by atoms with E-state index >= 15 is 0 Å². The number of ketones is 1. The third-order valence-electron chi connectivity index (χ3n) is 3.84. The van der Waals surface area contributed by atoms with Crippen LogP contribution in [-0.4, -0.2) is 53.5 Å². The molecule has 0 spiro atoms. The second-order valence-electron chi connectivity index (χ2n) is 5.92. The summed E-state index contributed by atoms with van der Waals surface area (Å²) in [6.45, 7) is 0.419. The monoisotopic (exact) mass is 336 g/mol. The number of halogens is 1. The van der Waals surface area contributed by atoms with Crippen molar-refractivity contribution in [2.75, 3.05) is 20.6 Å². The van der Waals surface area contributed by atoms with Gasteiger partial charge in [0.15, 0.2) is 5.78 Å². The Morgan fingerprint density at radius 2 is 2.00 bits per heavy atom. The lowest BCUT2D eigenvalue weighted by Crippen LogP contribution is -2.40. The van der Waals surface area contributed by atoms with Crippen molar-refractivity contribution < 1.29 is 14.7 Å². The molecule has 1 unspecified atom stereocenters. The molecule has 6 heteroatoms. The van der Waals surface area contributed by atoms with E-state index in [4.69, 9.17) is 11.6 Å². The Morgan fingerprint density at radius 3 is 2.57 bits per heavy atom. The topological polar surface area (TPSA) is 60.9 Å². The molecule has 124 valence electrons. The van der Waals surface area contributed by atoms with E-state index in [2.05, 4.69) is 0 Å². The zero-order valence-corrected chi connectivity index (χ0v) is 14.1. The van der Waals surface area contributed by atoms with Gasteiger partial charge in [-0.05, 0) is 30.5 Å². The van der Waals surface area contributed by atoms with Gasteiger partial charge < -0.3 is 10.0 Å². The van der Waals surface area contributed by atoms with Crippen LogP contribution in [0.5, 0.6) is 0 Å². The summed E-state index contributed by atoms with van der Waals surface area (Å²) in [6, 6.07) is 6.75. The summed E-state index contributed by atoms with van der Waals surface area (Å²) in [5.74, 6) is -0.117. The number of amides is 1. The average molecular weight is 337 g/mol. The van der Waals surface area contributed by atoms with Crippen molar-refractivity contribution >= 4 is 23.5 Å². The molecular weight excluding hydrogens is 316 g/mol. The van der Waals surface area contributed by atoms with Gasteiger partial charge in [-0.15, -0.1) is 0 Å². The molecule has 1 N–H and O–H groups in total. The minimum absolute atomic E-state index is 0.117. The van der Waals surface area contributed by atoms with Gasteiger partial charge in [-0.1, -0.05) is 23.7 Å². The van der Waals surface area contributed by atoms with E-state index in [9.17, 15) is 14.7 Å². The van der Waals surface area contributed by atoms with Crippen molar-refractivity contribution in [3.8, 4) is 0 Å². The highest BCUT2D eigenvalue weighted by molar-refractivity contribution is 6.30. The molecule has 1 atom stereocenters. The number of Topliss-reactive ketones (excluding diaryl/α,β-unsaturated/α-hetero) is 1. The number of carboxylic acid groups (broad SMARTS) is 1.